The first-order valence-electron chi connectivity index (χ1n) is 5.26. The number of carbonyl (C=O) groups is 2. The molecule has 15 heavy (non-hydrogen) atoms. The first-order valence-corrected chi connectivity index (χ1v) is 5.26. The quantitative estimate of drug-likeness (QED) is 0.493. The molecule has 3 nitrogen and oxygen atoms in total. The summed E-state index contributed by atoms with van der Waals surface area (Å²) in [5.41, 5.74) is 0. The number of carbonyl (C=O) groups excluding carboxylic acids is 2. The van der Waals surface area contributed by atoms with Crippen molar-refractivity contribution >= 4 is 11.8 Å². The van der Waals surface area contributed by atoms with Crippen LogP contribution in [0.25, 0.3) is 0 Å². The van der Waals surface area contributed by atoms with E-state index in [1.165, 1.54) is 4.90 Å². The molecule has 82 valence electrons. The maximum atomic E-state index is 11.5. The van der Waals surface area contributed by atoms with Crippen molar-refractivity contribution in [2.45, 2.75) is 25.7 Å². The lowest BCUT2D eigenvalue weighted by Crippen LogP contribution is -2.55. The van der Waals surface area contributed by atoms with Gasteiger partial charge in [-0.05, 0) is 19.3 Å². The number of rotatable bonds is 6. The third-order valence-corrected chi connectivity index (χ3v) is 2.60. The molecule has 0 spiro atoms. The fourth-order valence-corrected chi connectivity index (χ4v) is 1.62. The zero-order valence-corrected chi connectivity index (χ0v) is 8.95. The van der Waals surface area contributed by atoms with Crippen molar-refractivity contribution in [2.24, 2.45) is 5.92 Å². The highest BCUT2D eigenvalue weighted by atomic mass is 16.2. The molecule has 1 heterocycles. The molecule has 0 bridgehead atoms. The van der Waals surface area contributed by atoms with Crippen LogP contribution in [0, 0.1) is 5.92 Å². The summed E-state index contributed by atoms with van der Waals surface area (Å²) in [6.45, 7) is 7.74. The van der Waals surface area contributed by atoms with Crippen LogP contribution in [-0.2, 0) is 9.59 Å². The summed E-state index contributed by atoms with van der Waals surface area (Å²) in [7, 11) is 0. The van der Waals surface area contributed by atoms with Crippen LogP contribution in [0.4, 0.5) is 0 Å². The zero-order valence-electron chi connectivity index (χ0n) is 8.95. The Balaban J connectivity index is 2.31. The van der Waals surface area contributed by atoms with E-state index in [9.17, 15) is 9.59 Å². The van der Waals surface area contributed by atoms with E-state index in [4.69, 9.17) is 0 Å². The van der Waals surface area contributed by atoms with E-state index in [-0.39, 0.29) is 17.7 Å². The van der Waals surface area contributed by atoms with Gasteiger partial charge in [0.25, 0.3) is 0 Å². The number of nitrogens with zero attached hydrogens (tertiary/aromatic N) is 1. The Hall–Kier alpha value is -1.38. The first kappa shape index (κ1) is 11.7. The lowest BCUT2D eigenvalue weighted by atomic mass is 9.93. The average Bonchev–Trinajstić information content (AvgIpc) is 2.24. The Labute approximate surface area is 90.5 Å². The molecule has 0 aromatic carbocycles. The van der Waals surface area contributed by atoms with Gasteiger partial charge in [-0.15, -0.1) is 13.2 Å². The largest absolute Gasteiger partial charge is 0.282 e. The average molecular weight is 207 g/mol. The highest BCUT2D eigenvalue weighted by molar-refractivity contribution is 6.00. The Kier molecular flexibility index (Phi) is 4.28. The van der Waals surface area contributed by atoms with E-state index in [2.05, 4.69) is 13.2 Å². The molecule has 1 fully saturated rings. The van der Waals surface area contributed by atoms with Crippen molar-refractivity contribution in [3.63, 3.8) is 0 Å². The number of likely N-dealkylation sites (tertiary alicyclic amines) is 1. The van der Waals surface area contributed by atoms with E-state index in [1.807, 2.05) is 0 Å². The summed E-state index contributed by atoms with van der Waals surface area (Å²) < 4.78 is 0. The second-order valence-electron chi connectivity index (χ2n) is 3.73. The molecule has 0 saturated carbocycles. The van der Waals surface area contributed by atoms with Crippen LogP contribution in [-0.4, -0.2) is 23.3 Å². The maximum Gasteiger partial charge on any atom is 0.234 e. The molecule has 0 aliphatic carbocycles. The van der Waals surface area contributed by atoms with Crippen molar-refractivity contribution < 1.29 is 9.59 Å². The summed E-state index contributed by atoms with van der Waals surface area (Å²) in [6, 6.07) is 0. The third-order valence-electron chi connectivity index (χ3n) is 2.60. The van der Waals surface area contributed by atoms with E-state index >= 15 is 0 Å². The zero-order chi connectivity index (χ0) is 11.3. The number of amides is 2. The van der Waals surface area contributed by atoms with Crippen LogP contribution in [0.1, 0.15) is 25.7 Å². The second kappa shape index (κ2) is 5.49. The van der Waals surface area contributed by atoms with Gasteiger partial charge in [0, 0.05) is 13.0 Å². The molecule has 1 atom stereocenters. The van der Waals surface area contributed by atoms with Crippen molar-refractivity contribution in [3.8, 4) is 0 Å². The van der Waals surface area contributed by atoms with Crippen LogP contribution in [0.3, 0.4) is 0 Å². The molecule has 0 aromatic heterocycles. The van der Waals surface area contributed by atoms with Crippen LogP contribution >= 0.6 is 0 Å². The monoisotopic (exact) mass is 207 g/mol. The topological polar surface area (TPSA) is 37.4 Å². The Morgan fingerprint density at radius 1 is 1.40 bits per heavy atom. The fraction of sp³-hybridized carbons (Fsp3) is 0.500. The van der Waals surface area contributed by atoms with Crippen molar-refractivity contribution in [1.82, 2.24) is 4.90 Å². The molecular weight excluding hydrogens is 190 g/mol. The predicted molar refractivity (Wildman–Crippen MR) is 59.1 cm³/mol. The van der Waals surface area contributed by atoms with Crippen molar-refractivity contribution in [2.75, 3.05) is 6.54 Å². The molecule has 0 radical (unpaired) electrons. The molecule has 3 heteroatoms. The molecule has 1 aliphatic rings. The minimum atomic E-state index is -0.0743. The van der Waals surface area contributed by atoms with Crippen LogP contribution < -0.4 is 0 Å². The number of allylic oxidation sites excluding steroid dienone is 2. The SMILES string of the molecule is C=CCCC(=O)N1C[C@H](CCC=C)C1=O. The van der Waals surface area contributed by atoms with Gasteiger partial charge in [0.15, 0.2) is 0 Å². The summed E-state index contributed by atoms with van der Waals surface area (Å²) in [4.78, 5) is 24.3. The van der Waals surface area contributed by atoms with Gasteiger partial charge in [-0.3, -0.25) is 14.5 Å². The molecule has 1 aliphatic heterocycles. The highest BCUT2D eigenvalue weighted by Crippen LogP contribution is 2.23. The van der Waals surface area contributed by atoms with Gasteiger partial charge in [-0.2, -0.15) is 0 Å². The molecule has 0 unspecified atom stereocenters. The number of imide groups is 1. The molecule has 0 N–H and O–H groups in total. The summed E-state index contributed by atoms with van der Waals surface area (Å²) in [5.74, 6) is -0.0589. The summed E-state index contributed by atoms with van der Waals surface area (Å²) in [5, 5.41) is 0. The number of hydrogen-bond acceptors (Lipinski definition) is 2. The van der Waals surface area contributed by atoms with Crippen molar-refractivity contribution in [1.29, 1.82) is 0 Å². The van der Waals surface area contributed by atoms with Gasteiger partial charge in [0.1, 0.15) is 0 Å². The van der Waals surface area contributed by atoms with Crippen LogP contribution in [0.15, 0.2) is 25.3 Å². The Morgan fingerprint density at radius 2 is 2.07 bits per heavy atom. The van der Waals surface area contributed by atoms with Gasteiger partial charge in [0.05, 0.1) is 5.92 Å². The van der Waals surface area contributed by atoms with Gasteiger partial charge in [0.2, 0.25) is 11.8 Å². The third kappa shape index (κ3) is 2.78. The smallest absolute Gasteiger partial charge is 0.234 e. The Bertz CT molecular complexity index is 283. The molecule has 1 saturated heterocycles. The second-order valence-corrected chi connectivity index (χ2v) is 3.73. The van der Waals surface area contributed by atoms with Crippen LogP contribution in [0.5, 0.6) is 0 Å². The van der Waals surface area contributed by atoms with Crippen molar-refractivity contribution in [3.05, 3.63) is 25.3 Å². The molecular formula is C12H17NO2. The number of hydrogen-bond donors (Lipinski definition) is 0. The molecule has 2 amide bonds. The molecule has 1 rings (SSSR count). The highest BCUT2D eigenvalue weighted by Gasteiger charge is 2.39. The minimum Gasteiger partial charge on any atom is -0.282 e. The summed E-state index contributed by atoms with van der Waals surface area (Å²) in [6.07, 6.45) is 6.18. The summed E-state index contributed by atoms with van der Waals surface area (Å²) >= 11 is 0. The Morgan fingerprint density at radius 3 is 2.60 bits per heavy atom. The lowest BCUT2D eigenvalue weighted by Gasteiger charge is -2.36. The van der Waals surface area contributed by atoms with Gasteiger partial charge < -0.3 is 0 Å². The van der Waals surface area contributed by atoms with E-state index < -0.39 is 0 Å². The van der Waals surface area contributed by atoms with Gasteiger partial charge >= 0.3 is 0 Å². The lowest BCUT2D eigenvalue weighted by molar-refractivity contribution is -0.158. The number of β-lactam (4-membered cyclic amide) rings is 1. The van der Waals surface area contributed by atoms with E-state index in [0.717, 1.165) is 12.8 Å². The normalized spacial score (nSPS) is 19.6. The van der Waals surface area contributed by atoms with Gasteiger partial charge in [-0.1, -0.05) is 12.2 Å². The predicted octanol–water partition coefficient (Wildman–Crippen LogP) is 1.90. The van der Waals surface area contributed by atoms with Crippen LogP contribution in [0.2, 0.25) is 0 Å². The minimum absolute atomic E-state index is 0.0223. The van der Waals surface area contributed by atoms with E-state index in [1.54, 1.807) is 12.2 Å². The standard InChI is InChI=1S/C12H17NO2/c1-3-5-7-10-9-13(12(10)15)11(14)8-6-4-2/h3-4,10H,1-2,5-9H2/t10-/m0/s1. The van der Waals surface area contributed by atoms with Gasteiger partial charge in [-0.25, -0.2) is 0 Å². The first-order chi connectivity index (χ1) is 7.20. The molecule has 0 aromatic rings. The maximum absolute atomic E-state index is 11.5. The van der Waals surface area contributed by atoms with E-state index in [0.29, 0.717) is 19.4 Å². The fourth-order valence-electron chi connectivity index (χ4n) is 1.62.